The van der Waals surface area contributed by atoms with Crippen molar-refractivity contribution in [1.82, 2.24) is 20.5 Å². The van der Waals surface area contributed by atoms with Crippen LogP contribution in [0, 0.1) is 0 Å². The van der Waals surface area contributed by atoms with E-state index in [2.05, 4.69) is 32.9 Å². The standard InChI is InChI=1S/C19H27N5OS/c1-5-17-23-16(13-26-17)12-22-19(20-6-2)21-11-14-7-9-15(10-8-14)18(25)24(3)4/h7-10,13H,5-6,11-12H2,1-4H3,(H2,20,21,22). The van der Waals surface area contributed by atoms with Gasteiger partial charge in [-0.3, -0.25) is 4.79 Å². The molecule has 7 heteroatoms. The molecule has 1 heterocycles. The maximum atomic E-state index is 11.9. The molecule has 0 atom stereocenters. The largest absolute Gasteiger partial charge is 0.357 e. The van der Waals surface area contributed by atoms with Gasteiger partial charge in [0.2, 0.25) is 0 Å². The van der Waals surface area contributed by atoms with E-state index in [1.165, 1.54) is 0 Å². The van der Waals surface area contributed by atoms with Crippen LogP contribution in [0.15, 0.2) is 34.6 Å². The maximum Gasteiger partial charge on any atom is 0.253 e. The lowest BCUT2D eigenvalue weighted by Crippen LogP contribution is -2.36. The molecule has 0 bridgehead atoms. The average Bonchev–Trinajstić information content (AvgIpc) is 3.12. The third kappa shape index (κ3) is 5.84. The minimum atomic E-state index is 0.00441. The number of carbonyl (C=O) groups excluding carboxylic acids is 1. The fourth-order valence-corrected chi connectivity index (χ4v) is 3.03. The molecule has 0 aliphatic heterocycles. The van der Waals surface area contributed by atoms with Gasteiger partial charge in [0.25, 0.3) is 5.91 Å². The topological polar surface area (TPSA) is 69.6 Å². The molecule has 1 amide bonds. The minimum absolute atomic E-state index is 0.00441. The van der Waals surface area contributed by atoms with Crippen molar-refractivity contribution in [3.05, 3.63) is 51.5 Å². The fraction of sp³-hybridized carbons (Fsp3) is 0.421. The lowest BCUT2D eigenvalue weighted by atomic mass is 10.1. The summed E-state index contributed by atoms with van der Waals surface area (Å²) in [6, 6.07) is 7.57. The molecule has 0 aliphatic carbocycles. The van der Waals surface area contributed by atoms with Crippen LogP contribution >= 0.6 is 11.3 Å². The molecule has 2 N–H and O–H groups in total. The molecule has 2 aromatic rings. The number of nitrogens with zero attached hydrogens (tertiary/aromatic N) is 3. The van der Waals surface area contributed by atoms with E-state index in [-0.39, 0.29) is 5.91 Å². The number of nitrogens with one attached hydrogen (secondary N) is 2. The molecule has 26 heavy (non-hydrogen) atoms. The predicted molar refractivity (Wildman–Crippen MR) is 108 cm³/mol. The van der Waals surface area contributed by atoms with E-state index in [1.807, 2.05) is 31.2 Å². The first-order valence-corrected chi connectivity index (χ1v) is 9.67. The Hall–Kier alpha value is -2.41. The Labute approximate surface area is 159 Å². The molecule has 0 radical (unpaired) electrons. The Morgan fingerprint density at radius 3 is 2.50 bits per heavy atom. The monoisotopic (exact) mass is 373 g/mol. The zero-order valence-corrected chi connectivity index (χ0v) is 16.7. The number of aliphatic imine (C=N–C) groups is 1. The van der Waals surface area contributed by atoms with Crippen LogP contribution < -0.4 is 10.6 Å². The highest BCUT2D eigenvalue weighted by Crippen LogP contribution is 2.10. The van der Waals surface area contributed by atoms with Crippen molar-refractivity contribution >= 4 is 23.2 Å². The first kappa shape index (κ1) is 19.9. The van der Waals surface area contributed by atoms with Crippen LogP contribution in [0.2, 0.25) is 0 Å². The summed E-state index contributed by atoms with van der Waals surface area (Å²) in [5.74, 6) is 0.761. The molecule has 0 saturated heterocycles. The van der Waals surface area contributed by atoms with Gasteiger partial charge in [0, 0.05) is 31.6 Å². The summed E-state index contributed by atoms with van der Waals surface area (Å²) in [7, 11) is 3.50. The molecular formula is C19H27N5OS. The van der Waals surface area contributed by atoms with E-state index in [0.717, 1.165) is 35.2 Å². The minimum Gasteiger partial charge on any atom is -0.357 e. The van der Waals surface area contributed by atoms with Gasteiger partial charge in [0.05, 0.1) is 23.8 Å². The van der Waals surface area contributed by atoms with Crippen molar-refractivity contribution in [2.45, 2.75) is 33.4 Å². The van der Waals surface area contributed by atoms with Gasteiger partial charge in [-0.15, -0.1) is 11.3 Å². The summed E-state index contributed by atoms with van der Waals surface area (Å²) in [6.45, 7) is 6.14. The van der Waals surface area contributed by atoms with Crippen molar-refractivity contribution in [3.8, 4) is 0 Å². The van der Waals surface area contributed by atoms with Crippen LogP contribution in [-0.2, 0) is 19.5 Å². The first-order valence-electron chi connectivity index (χ1n) is 8.79. The lowest BCUT2D eigenvalue weighted by Gasteiger charge is -2.11. The van der Waals surface area contributed by atoms with E-state index in [9.17, 15) is 4.79 Å². The van der Waals surface area contributed by atoms with Crippen LogP contribution in [0.5, 0.6) is 0 Å². The van der Waals surface area contributed by atoms with Crippen molar-refractivity contribution in [2.75, 3.05) is 20.6 Å². The number of aryl methyl sites for hydroxylation is 1. The van der Waals surface area contributed by atoms with E-state index in [4.69, 9.17) is 0 Å². The Morgan fingerprint density at radius 1 is 1.19 bits per heavy atom. The van der Waals surface area contributed by atoms with Gasteiger partial charge < -0.3 is 15.5 Å². The Kier molecular flexibility index (Phi) is 7.59. The van der Waals surface area contributed by atoms with Crippen molar-refractivity contribution < 1.29 is 4.79 Å². The first-order chi connectivity index (χ1) is 12.5. The van der Waals surface area contributed by atoms with Crippen molar-refractivity contribution in [3.63, 3.8) is 0 Å². The highest BCUT2D eigenvalue weighted by molar-refractivity contribution is 7.09. The van der Waals surface area contributed by atoms with Gasteiger partial charge >= 0.3 is 0 Å². The number of rotatable bonds is 7. The van der Waals surface area contributed by atoms with E-state index < -0.39 is 0 Å². The van der Waals surface area contributed by atoms with Gasteiger partial charge in [0.1, 0.15) is 0 Å². The van der Waals surface area contributed by atoms with E-state index >= 15 is 0 Å². The number of carbonyl (C=O) groups is 1. The second-order valence-corrected chi connectivity index (χ2v) is 6.97. The number of guanidine groups is 1. The summed E-state index contributed by atoms with van der Waals surface area (Å²) >= 11 is 1.69. The molecule has 1 aromatic carbocycles. The number of aromatic nitrogens is 1. The van der Waals surface area contributed by atoms with Crippen LogP contribution in [0.25, 0.3) is 0 Å². The summed E-state index contributed by atoms with van der Waals surface area (Å²) in [6.07, 6.45) is 0.963. The second-order valence-electron chi connectivity index (χ2n) is 6.03. The van der Waals surface area contributed by atoms with Crippen LogP contribution in [0.4, 0.5) is 0 Å². The van der Waals surface area contributed by atoms with Crippen LogP contribution in [-0.4, -0.2) is 42.4 Å². The lowest BCUT2D eigenvalue weighted by molar-refractivity contribution is 0.0827. The predicted octanol–water partition coefficient (Wildman–Crippen LogP) is 2.66. The van der Waals surface area contributed by atoms with Crippen LogP contribution in [0.1, 0.15) is 40.5 Å². The van der Waals surface area contributed by atoms with Gasteiger partial charge in [-0.2, -0.15) is 0 Å². The third-order valence-corrected chi connectivity index (χ3v) is 4.75. The second kappa shape index (κ2) is 9.91. The maximum absolute atomic E-state index is 11.9. The quantitative estimate of drug-likeness (QED) is 0.578. The molecule has 0 fully saturated rings. The summed E-state index contributed by atoms with van der Waals surface area (Å²) in [5, 5.41) is 9.78. The number of amides is 1. The molecule has 2 rings (SSSR count). The third-order valence-electron chi connectivity index (χ3n) is 3.71. The summed E-state index contributed by atoms with van der Waals surface area (Å²) < 4.78 is 0. The Bertz CT molecular complexity index is 737. The highest BCUT2D eigenvalue weighted by Gasteiger charge is 2.07. The molecule has 140 valence electrons. The number of hydrogen-bond donors (Lipinski definition) is 2. The molecule has 6 nitrogen and oxygen atoms in total. The SMILES string of the molecule is CCNC(=NCc1ccc(C(=O)N(C)C)cc1)NCc1csc(CC)n1. The van der Waals surface area contributed by atoms with Gasteiger partial charge in [-0.05, 0) is 31.0 Å². The highest BCUT2D eigenvalue weighted by atomic mass is 32.1. The zero-order valence-electron chi connectivity index (χ0n) is 15.9. The van der Waals surface area contributed by atoms with Gasteiger partial charge in [0.15, 0.2) is 5.96 Å². The number of hydrogen-bond acceptors (Lipinski definition) is 4. The fourth-order valence-electron chi connectivity index (χ4n) is 2.29. The molecule has 0 saturated carbocycles. The average molecular weight is 374 g/mol. The van der Waals surface area contributed by atoms with Gasteiger partial charge in [-0.1, -0.05) is 19.1 Å². The van der Waals surface area contributed by atoms with Crippen LogP contribution in [0.3, 0.4) is 0 Å². The number of benzene rings is 1. The smallest absolute Gasteiger partial charge is 0.253 e. The summed E-state index contributed by atoms with van der Waals surface area (Å²) in [4.78, 5) is 22.7. The molecule has 0 spiro atoms. The molecular weight excluding hydrogens is 346 g/mol. The Balaban J connectivity index is 1.96. The summed E-state index contributed by atoms with van der Waals surface area (Å²) in [5.41, 5.74) is 2.77. The normalized spacial score (nSPS) is 11.3. The number of thiazole rings is 1. The Morgan fingerprint density at radius 2 is 1.92 bits per heavy atom. The van der Waals surface area contributed by atoms with Crippen molar-refractivity contribution in [1.29, 1.82) is 0 Å². The van der Waals surface area contributed by atoms with Gasteiger partial charge in [-0.25, -0.2) is 9.98 Å². The zero-order chi connectivity index (χ0) is 18.9. The molecule has 0 aliphatic rings. The van der Waals surface area contributed by atoms with Crippen molar-refractivity contribution in [2.24, 2.45) is 4.99 Å². The molecule has 0 unspecified atom stereocenters. The molecule has 1 aromatic heterocycles. The van der Waals surface area contributed by atoms with E-state index in [0.29, 0.717) is 18.7 Å². The van der Waals surface area contributed by atoms with E-state index in [1.54, 1.807) is 30.3 Å².